The Labute approximate surface area is 128 Å². The molecule has 0 aliphatic carbocycles. The number of carbonyl (C=O) groups is 1. The zero-order chi connectivity index (χ0) is 15.4. The number of fused-ring (bicyclic) bond motifs is 1. The second kappa shape index (κ2) is 6.39. The molecule has 2 aromatic rings. The van der Waals surface area contributed by atoms with Crippen LogP contribution in [0.5, 0.6) is 17.2 Å². The summed E-state index contributed by atoms with van der Waals surface area (Å²) >= 11 is 0. The summed E-state index contributed by atoms with van der Waals surface area (Å²) in [4.78, 5) is 12.2. The quantitative estimate of drug-likeness (QED) is 0.940. The minimum Gasteiger partial charge on any atom is -0.497 e. The molecule has 114 valence electrons. The van der Waals surface area contributed by atoms with Gasteiger partial charge in [-0.05, 0) is 29.8 Å². The third-order valence-corrected chi connectivity index (χ3v) is 3.40. The van der Waals surface area contributed by atoms with Crippen LogP contribution in [-0.2, 0) is 11.3 Å². The summed E-state index contributed by atoms with van der Waals surface area (Å²) in [7, 11) is 1.61. The van der Waals surface area contributed by atoms with E-state index >= 15 is 0 Å². The van der Waals surface area contributed by atoms with Gasteiger partial charge in [-0.1, -0.05) is 24.3 Å². The highest BCUT2D eigenvalue weighted by Crippen LogP contribution is 2.30. The third kappa shape index (κ3) is 3.14. The first-order valence-electron chi connectivity index (χ1n) is 7.05. The summed E-state index contributed by atoms with van der Waals surface area (Å²) in [5.74, 6) is 1.82. The monoisotopic (exact) mass is 299 g/mol. The number of benzene rings is 2. The van der Waals surface area contributed by atoms with Gasteiger partial charge in [0.2, 0.25) is 6.10 Å². The number of para-hydroxylation sites is 2. The standard InChI is InChI=1S/C17H17NO4/c1-20-13-6-4-5-12(9-13)10-18-17(19)16-11-21-14-7-2-3-8-15(14)22-16/h2-9,16H,10-11H2,1H3,(H,18,19)/t16-/m0/s1. The van der Waals surface area contributed by atoms with Crippen LogP contribution in [0, 0.1) is 0 Å². The average molecular weight is 299 g/mol. The summed E-state index contributed by atoms with van der Waals surface area (Å²) < 4.78 is 16.4. The molecule has 1 aliphatic heterocycles. The van der Waals surface area contributed by atoms with Crippen LogP contribution >= 0.6 is 0 Å². The van der Waals surface area contributed by atoms with Crippen molar-refractivity contribution in [1.82, 2.24) is 5.32 Å². The number of rotatable bonds is 4. The molecule has 0 spiro atoms. The van der Waals surface area contributed by atoms with E-state index in [-0.39, 0.29) is 12.5 Å². The number of carbonyl (C=O) groups excluding carboxylic acids is 1. The molecule has 2 aromatic carbocycles. The van der Waals surface area contributed by atoms with E-state index in [0.29, 0.717) is 18.0 Å². The van der Waals surface area contributed by atoms with Gasteiger partial charge in [0.25, 0.3) is 5.91 Å². The molecular weight excluding hydrogens is 282 g/mol. The lowest BCUT2D eigenvalue weighted by molar-refractivity contribution is -0.130. The van der Waals surface area contributed by atoms with Gasteiger partial charge in [0.05, 0.1) is 7.11 Å². The minimum atomic E-state index is -0.638. The number of hydrogen-bond donors (Lipinski definition) is 1. The highest BCUT2D eigenvalue weighted by Gasteiger charge is 2.26. The Kier molecular flexibility index (Phi) is 4.14. The van der Waals surface area contributed by atoms with Crippen LogP contribution in [0.15, 0.2) is 48.5 Å². The van der Waals surface area contributed by atoms with Crippen molar-refractivity contribution in [3.05, 3.63) is 54.1 Å². The van der Waals surface area contributed by atoms with E-state index in [1.807, 2.05) is 42.5 Å². The van der Waals surface area contributed by atoms with Gasteiger partial charge in [-0.3, -0.25) is 4.79 Å². The second-order valence-corrected chi connectivity index (χ2v) is 4.93. The van der Waals surface area contributed by atoms with Crippen molar-refractivity contribution in [2.75, 3.05) is 13.7 Å². The fourth-order valence-corrected chi connectivity index (χ4v) is 2.23. The van der Waals surface area contributed by atoms with Gasteiger partial charge < -0.3 is 19.5 Å². The number of methoxy groups -OCH3 is 1. The molecule has 1 heterocycles. The van der Waals surface area contributed by atoms with Gasteiger partial charge in [-0.2, -0.15) is 0 Å². The van der Waals surface area contributed by atoms with E-state index in [4.69, 9.17) is 14.2 Å². The molecule has 0 saturated carbocycles. The Morgan fingerprint density at radius 3 is 2.86 bits per heavy atom. The zero-order valence-corrected chi connectivity index (χ0v) is 12.2. The van der Waals surface area contributed by atoms with E-state index in [1.165, 1.54) is 0 Å². The number of amides is 1. The van der Waals surface area contributed by atoms with E-state index in [1.54, 1.807) is 13.2 Å². The van der Waals surface area contributed by atoms with Gasteiger partial charge in [0.15, 0.2) is 11.5 Å². The molecule has 0 radical (unpaired) electrons. The Morgan fingerprint density at radius 2 is 2.05 bits per heavy atom. The van der Waals surface area contributed by atoms with Gasteiger partial charge >= 0.3 is 0 Å². The predicted octanol–water partition coefficient (Wildman–Crippen LogP) is 2.15. The van der Waals surface area contributed by atoms with E-state index in [9.17, 15) is 4.79 Å². The van der Waals surface area contributed by atoms with Gasteiger partial charge in [0, 0.05) is 6.54 Å². The lowest BCUT2D eigenvalue weighted by Crippen LogP contribution is -2.43. The maximum atomic E-state index is 12.2. The van der Waals surface area contributed by atoms with Crippen LogP contribution in [0.3, 0.4) is 0 Å². The van der Waals surface area contributed by atoms with Gasteiger partial charge in [-0.25, -0.2) is 0 Å². The number of hydrogen-bond acceptors (Lipinski definition) is 4. The lowest BCUT2D eigenvalue weighted by atomic mass is 10.2. The highest BCUT2D eigenvalue weighted by atomic mass is 16.6. The molecule has 1 N–H and O–H groups in total. The Morgan fingerprint density at radius 1 is 1.23 bits per heavy atom. The first kappa shape index (κ1) is 14.3. The first-order valence-corrected chi connectivity index (χ1v) is 7.05. The summed E-state index contributed by atoms with van der Waals surface area (Å²) in [5, 5.41) is 2.85. The molecule has 1 amide bonds. The average Bonchev–Trinajstić information content (AvgIpc) is 2.59. The Hall–Kier alpha value is -2.69. The molecule has 0 bridgehead atoms. The van der Waals surface area contributed by atoms with Crippen molar-refractivity contribution in [3.8, 4) is 17.2 Å². The van der Waals surface area contributed by atoms with Gasteiger partial charge in [0.1, 0.15) is 12.4 Å². The third-order valence-electron chi connectivity index (χ3n) is 3.40. The van der Waals surface area contributed by atoms with Crippen LogP contribution in [0.4, 0.5) is 0 Å². The van der Waals surface area contributed by atoms with Crippen molar-refractivity contribution >= 4 is 5.91 Å². The molecule has 5 heteroatoms. The Balaban J connectivity index is 1.59. The lowest BCUT2D eigenvalue weighted by Gasteiger charge is -2.25. The summed E-state index contributed by atoms with van der Waals surface area (Å²) in [5.41, 5.74) is 0.963. The maximum Gasteiger partial charge on any atom is 0.264 e. The molecule has 22 heavy (non-hydrogen) atoms. The number of ether oxygens (including phenoxy) is 3. The molecule has 3 rings (SSSR count). The molecule has 0 unspecified atom stereocenters. The molecule has 1 aliphatic rings. The molecule has 0 fully saturated rings. The van der Waals surface area contributed by atoms with Crippen molar-refractivity contribution in [3.63, 3.8) is 0 Å². The van der Waals surface area contributed by atoms with Crippen LogP contribution < -0.4 is 19.5 Å². The van der Waals surface area contributed by atoms with Crippen molar-refractivity contribution in [1.29, 1.82) is 0 Å². The Bertz CT molecular complexity index is 671. The van der Waals surface area contributed by atoms with E-state index < -0.39 is 6.10 Å². The first-order chi connectivity index (χ1) is 10.8. The fourth-order valence-electron chi connectivity index (χ4n) is 2.23. The van der Waals surface area contributed by atoms with Crippen molar-refractivity contribution in [2.45, 2.75) is 12.6 Å². The fraction of sp³-hybridized carbons (Fsp3) is 0.235. The number of nitrogens with one attached hydrogen (secondary N) is 1. The smallest absolute Gasteiger partial charge is 0.264 e. The highest BCUT2D eigenvalue weighted by molar-refractivity contribution is 5.81. The molecule has 1 atom stereocenters. The SMILES string of the molecule is COc1cccc(CNC(=O)[C@@H]2COc3ccccc3O2)c1. The molecule has 0 aromatic heterocycles. The van der Waals surface area contributed by atoms with Crippen LogP contribution in [0.1, 0.15) is 5.56 Å². The topological polar surface area (TPSA) is 56.8 Å². The normalized spacial score (nSPS) is 16.0. The largest absolute Gasteiger partial charge is 0.497 e. The summed E-state index contributed by atoms with van der Waals surface area (Å²) in [6.07, 6.45) is -0.638. The minimum absolute atomic E-state index is 0.197. The van der Waals surface area contributed by atoms with Crippen LogP contribution in [0.2, 0.25) is 0 Å². The second-order valence-electron chi connectivity index (χ2n) is 4.93. The molecule has 0 saturated heterocycles. The summed E-state index contributed by atoms with van der Waals surface area (Å²) in [6, 6.07) is 14.9. The maximum absolute atomic E-state index is 12.2. The van der Waals surface area contributed by atoms with E-state index in [0.717, 1.165) is 11.3 Å². The van der Waals surface area contributed by atoms with Crippen molar-refractivity contribution < 1.29 is 19.0 Å². The molecule has 5 nitrogen and oxygen atoms in total. The summed E-state index contributed by atoms with van der Waals surface area (Å²) in [6.45, 7) is 0.624. The van der Waals surface area contributed by atoms with Crippen LogP contribution in [-0.4, -0.2) is 25.7 Å². The predicted molar refractivity (Wildman–Crippen MR) is 81.2 cm³/mol. The molecular formula is C17H17NO4. The van der Waals surface area contributed by atoms with E-state index in [2.05, 4.69) is 5.32 Å². The zero-order valence-electron chi connectivity index (χ0n) is 12.2. The van der Waals surface area contributed by atoms with Crippen LogP contribution in [0.25, 0.3) is 0 Å². The van der Waals surface area contributed by atoms with Gasteiger partial charge in [-0.15, -0.1) is 0 Å². The van der Waals surface area contributed by atoms with Crippen molar-refractivity contribution in [2.24, 2.45) is 0 Å².